The van der Waals surface area contributed by atoms with Crippen molar-refractivity contribution in [3.05, 3.63) is 71.2 Å². The first-order valence-electron chi connectivity index (χ1n) is 7.07. The van der Waals surface area contributed by atoms with E-state index >= 15 is 0 Å². The Bertz CT molecular complexity index is 799. The molecular formula is C18H15NO3S. The predicted octanol–water partition coefficient (Wildman–Crippen LogP) is 4.18. The summed E-state index contributed by atoms with van der Waals surface area (Å²) >= 11 is 1.40. The van der Waals surface area contributed by atoms with Gasteiger partial charge in [0, 0.05) is 10.9 Å². The quantitative estimate of drug-likeness (QED) is 0.660. The van der Waals surface area contributed by atoms with E-state index in [1.165, 1.54) is 18.4 Å². The third kappa shape index (κ3) is 3.76. The van der Waals surface area contributed by atoms with Crippen LogP contribution in [0.4, 0.5) is 0 Å². The molecule has 0 saturated carbocycles. The van der Waals surface area contributed by atoms with E-state index in [0.29, 0.717) is 12.3 Å². The zero-order chi connectivity index (χ0) is 16.1. The summed E-state index contributed by atoms with van der Waals surface area (Å²) in [6.45, 7) is 0.509. The van der Waals surface area contributed by atoms with Gasteiger partial charge in [0.05, 0.1) is 7.11 Å². The lowest BCUT2D eigenvalue weighted by molar-refractivity contribution is 0.0595. The van der Waals surface area contributed by atoms with Gasteiger partial charge in [0.25, 0.3) is 0 Å². The molecule has 0 bridgehead atoms. The van der Waals surface area contributed by atoms with E-state index in [2.05, 4.69) is 9.72 Å². The Morgan fingerprint density at radius 1 is 1.13 bits per heavy atom. The molecule has 4 nitrogen and oxygen atoms in total. The fourth-order valence-electron chi connectivity index (χ4n) is 2.06. The Morgan fingerprint density at radius 3 is 2.74 bits per heavy atom. The number of thiazole rings is 1. The molecule has 1 aromatic heterocycles. The second-order valence-electron chi connectivity index (χ2n) is 4.83. The van der Waals surface area contributed by atoms with Crippen LogP contribution in [0.15, 0.2) is 60.0 Å². The number of rotatable bonds is 5. The monoisotopic (exact) mass is 325 g/mol. The third-order valence-electron chi connectivity index (χ3n) is 3.23. The molecule has 1 heterocycles. The van der Waals surface area contributed by atoms with Crippen LogP contribution in [0.5, 0.6) is 5.75 Å². The second kappa shape index (κ2) is 7.07. The van der Waals surface area contributed by atoms with Gasteiger partial charge in [-0.05, 0) is 17.7 Å². The van der Waals surface area contributed by atoms with Crippen molar-refractivity contribution in [3.8, 4) is 16.3 Å². The largest absolute Gasteiger partial charge is 0.489 e. The molecule has 0 aliphatic rings. The number of carbonyl (C=O) groups excluding carboxylic acids is 1. The van der Waals surface area contributed by atoms with E-state index in [1.54, 1.807) is 5.38 Å². The molecule has 0 amide bonds. The van der Waals surface area contributed by atoms with Gasteiger partial charge in [-0.15, -0.1) is 11.3 Å². The van der Waals surface area contributed by atoms with Gasteiger partial charge in [-0.25, -0.2) is 9.78 Å². The number of hydrogen-bond donors (Lipinski definition) is 0. The van der Waals surface area contributed by atoms with Crippen LogP contribution < -0.4 is 4.74 Å². The molecular weight excluding hydrogens is 310 g/mol. The van der Waals surface area contributed by atoms with Gasteiger partial charge in [0.15, 0.2) is 5.69 Å². The Morgan fingerprint density at radius 2 is 1.96 bits per heavy atom. The molecule has 0 unspecified atom stereocenters. The summed E-state index contributed by atoms with van der Waals surface area (Å²) in [4.78, 5) is 15.8. The number of benzene rings is 2. The van der Waals surface area contributed by atoms with Crippen molar-refractivity contribution >= 4 is 17.3 Å². The molecule has 116 valence electrons. The minimum absolute atomic E-state index is 0.322. The average Bonchev–Trinajstić information content (AvgIpc) is 3.11. The molecule has 5 heteroatoms. The van der Waals surface area contributed by atoms with Crippen molar-refractivity contribution in [1.82, 2.24) is 4.98 Å². The normalized spacial score (nSPS) is 10.3. The van der Waals surface area contributed by atoms with E-state index < -0.39 is 5.97 Å². The third-order valence-corrected chi connectivity index (χ3v) is 4.12. The van der Waals surface area contributed by atoms with Crippen molar-refractivity contribution in [2.45, 2.75) is 6.61 Å². The van der Waals surface area contributed by atoms with Crippen molar-refractivity contribution in [3.63, 3.8) is 0 Å². The van der Waals surface area contributed by atoms with Gasteiger partial charge >= 0.3 is 5.97 Å². The summed E-state index contributed by atoms with van der Waals surface area (Å²) in [6.07, 6.45) is 0. The van der Waals surface area contributed by atoms with E-state index in [0.717, 1.165) is 21.9 Å². The maximum Gasteiger partial charge on any atom is 0.357 e. The van der Waals surface area contributed by atoms with Crippen molar-refractivity contribution in [1.29, 1.82) is 0 Å². The minimum atomic E-state index is -0.427. The first-order valence-corrected chi connectivity index (χ1v) is 7.95. The highest BCUT2D eigenvalue weighted by Crippen LogP contribution is 2.27. The molecule has 0 N–H and O–H groups in total. The lowest BCUT2D eigenvalue weighted by atomic mass is 10.2. The van der Waals surface area contributed by atoms with Gasteiger partial charge in [-0.1, -0.05) is 42.5 Å². The number of methoxy groups -OCH3 is 1. The topological polar surface area (TPSA) is 48.4 Å². The van der Waals surface area contributed by atoms with Crippen LogP contribution in [0.1, 0.15) is 16.1 Å². The van der Waals surface area contributed by atoms with Crippen LogP contribution in [0.3, 0.4) is 0 Å². The lowest BCUT2D eigenvalue weighted by Crippen LogP contribution is -2.01. The zero-order valence-corrected chi connectivity index (χ0v) is 13.4. The molecule has 0 saturated heterocycles. The number of esters is 1. The average molecular weight is 325 g/mol. The second-order valence-corrected chi connectivity index (χ2v) is 5.69. The van der Waals surface area contributed by atoms with Crippen molar-refractivity contribution in [2.24, 2.45) is 0 Å². The van der Waals surface area contributed by atoms with Crippen molar-refractivity contribution in [2.75, 3.05) is 7.11 Å². The molecule has 3 aromatic rings. The van der Waals surface area contributed by atoms with E-state index in [-0.39, 0.29) is 0 Å². The van der Waals surface area contributed by atoms with E-state index in [4.69, 9.17) is 4.74 Å². The molecule has 0 fully saturated rings. The van der Waals surface area contributed by atoms with E-state index in [9.17, 15) is 4.79 Å². The predicted molar refractivity (Wildman–Crippen MR) is 89.7 cm³/mol. The molecule has 0 aliphatic carbocycles. The van der Waals surface area contributed by atoms with Crippen LogP contribution in [0.25, 0.3) is 10.6 Å². The summed E-state index contributed by atoms with van der Waals surface area (Å²) in [5, 5.41) is 2.45. The summed E-state index contributed by atoms with van der Waals surface area (Å²) in [6, 6.07) is 17.7. The number of carbonyl (C=O) groups is 1. The SMILES string of the molecule is COC(=O)c1csc(-c2cccc(OCc3ccccc3)c2)n1. The van der Waals surface area contributed by atoms with Gasteiger partial charge in [0.1, 0.15) is 17.4 Å². The van der Waals surface area contributed by atoms with E-state index in [1.807, 2.05) is 54.6 Å². The highest BCUT2D eigenvalue weighted by Gasteiger charge is 2.12. The van der Waals surface area contributed by atoms with Crippen LogP contribution >= 0.6 is 11.3 Å². The van der Waals surface area contributed by atoms with Gasteiger partial charge in [-0.2, -0.15) is 0 Å². The smallest absolute Gasteiger partial charge is 0.357 e. The Labute approximate surface area is 138 Å². The Balaban J connectivity index is 1.74. The first kappa shape index (κ1) is 15.2. The highest BCUT2D eigenvalue weighted by molar-refractivity contribution is 7.13. The Hall–Kier alpha value is -2.66. The first-order chi connectivity index (χ1) is 11.3. The maximum atomic E-state index is 11.5. The summed E-state index contributed by atoms with van der Waals surface area (Å²) < 4.78 is 10.5. The minimum Gasteiger partial charge on any atom is -0.489 e. The van der Waals surface area contributed by atoms with Crippen molar-refractivity contribution < 1.29 is 14.3 Å². The molecule has 3 rings (SSSR count). The Kier molecular flexibility index (Phi) is 4.68. The molecule has 0 atom stereocenters. The fraction of sp³-hybridized carbons (Fsp3) is 0.111. The summed E-state index contributed by atoms with van der Waals surface area (Å²) in [5.41, 5.74) is 2.35. The maximum absolute atomic E-state index is 11.5. The number of hydrogen-bond acceptors (Lipinski definition) is 5. The fourth-order valence-corrected chi connectivity index (χ4v) is 2.85. The van der Waals surface area contributed by atoms with Crippen LogP contribution in [0, 0.1) is 0 Å². The van der Waals surface area contributed by atoms with Crippen LogP contribution in [-0.2, 0) is 11.3 Å². The summed E-state index contributed by atoms with van der Waals surface area (Å²) in [7, 11) is 1.35. The molecule has 2 aromatic carbocycles. The van der Waals surface area contributed by atoms with Gasteiger partial charge in [0.2, 0.25) is 0 Å². The van der Waals surface area contributed by atoms with Crippen LogP contribution in [-0.4, -0.2) is 18.1 Å². The number of ether oxygens (including phenoxy) is 2. The molecule has 0 aliphatic heterocycles. The number of nitrogens with zero attached hydrogens (tertiary/aromatic N) is 1. The summed E-state index contributed by atoms with van der Waals surface area (Å²) in [5.74, 6) is 0.338. The highest BCUT2D eigenvalue weighted by atomic mass is 32.1. The van der Waals surface area contributed by atoms with Gasteiger partial charge < -0.3 is 9.47 Å². The molecule has 23 heavy (non-hydrogen) atoms. The standard InChI is InChI=1S/C18H15NO3S/c1-21-18(20)16-12-23-17(19-16)14-8-5-9-15(10-14)22-11-13-6-3-2-4-7-13/h2-10,12H,11H2,1H3. The molecule has 0 radical (unpaired) electrons. The number of aromatic nitrogens is 1. The molecule has 0 spiro atoms. The lowest BCUT2D eigenvalue weighted by Gasteiger charge is -2.07. The zero-order valence-electron chi connectivity index (χ0n) is 12.6. The van der Waals surface area contributed by atoms with Crippen LogP contribution in [0.2, 0.25) is 0 Å². The van der Waals surface area contributed by atoms with Gasteiger partial charge in [-0.3, -0.25) is 0 Å².